The lowest BCUT2D eigenvalue weighted by Gasteiger charge is -2.38. The van der Waals surface area contributed by atoms with E-state index < -0.39 is 5.82 Å². The number of nitrogens with one attached hydrogen (secondary N) is 2. The highest BCUT2D eigenvalue weighted by atomic mass is 35.5. The summed E-state index contributed by atoms with van der Waals surface area (Å²) in [7, 11) is 0. The van der Waals surface area contributed by atoms with Gasteiger partial charge in [0.15, 0.2) is 11.6 Å². The van der Waals surface area contributed by atoms with Gasteiger partial charge in [-0.15, -0.1) is 5.10 Å². The number of halogens is 2. The molecule has 0 radical (unpaired) electrons. The number of aromatic nitrogens is 5. The zero-order valence-corrected chi connectivity index (χ0v) is 18.3. The van der Waals surface area contributed by atoms with Crippen molar-refractivity contribution in [2.45, 2.75) is 25.8 Å². The molecule has 10 heteroatoms. The van der Waals surface area contributed by atoms with Crippen molar-refractivity contribution >= 4 is 29.1 Å². The van der Waals surface area contributed by atoms with E-state index in [0.717, 1.165) is 37.4 Å². The Kier molecular flexibility index (Phi) is 5.42. The lowest BCUT2D eigenvalue weighted by atomic mass is 9.92. The molecule has 1 aliphatic heterocycles. The molecule has 1 saturated carbocycles. The largest absolute Gasteiger partial charge is 0.454 e. The summed E-state index contributed by atoms with van der Waals surface area (Å²) < 4.78 is 19.1. The van der Waals surface area contributed by atoms with E-state index in [9.17, 15) is 4.39 Å². The first-order valence-corrected chi connectivity index (χ1v) is 10.9. The summed E-state index contributed by atoms with van der Waals surface area (Å²) in [6.45, 7) is 7.70. The monoisotopic (exact) mass is 455 g/mol. The number of hydrogen-bond acceptors (Lipinski definition) is 7. The van der Waals surface area contributed by atoms with Crippen molar-refractivity contribution in [3.05, 3.63) is 59.5 Å². The van der Waals surface area contributed by atoms with E-state index >= 15 is 0 Å². The van der Waals surface area contributed by atoms with E-state index in [1.807, 2.05) is 13.0 Å². The van der Waals surface area contributed by atoms with Crippen molar-refractivity contribution in [2.24, 2.45) is 11.8 Å². The zero-order chi connectivity index (χ0) is 22.2. The number of nitrogens with zero attached hydrogens (tertiary/aromatic N) is 5. The van der Waals surface area contributed by atoms with Gasteiger partial charge in [-0.25, -0.2) is 14.4 Å². The summed E-state index contributed by atoms with van der Waals surface area (Å²) in [6, 6.07) is 6.27. The first-order chi connectivity index (χ1) is 15.4. The van der Waals surface area contributed by atoms with Crippen LogP contribution in [-0.2, 0) is 0 Å². The summed E-state index contributed by atoms with van der Waals surface area (Å²) in [5.41, 5.74) is 0.971. The number of ether oxygens (including phenoxy) is 1. The van der Waals surface area contributed by atoms with Crippen molar-refractivity contribution in [2.75, 3.05) is 23.3 Å². The molecule has 2 N–H and O–H groups in total. The van der Waals surface area contributed by atoms with Gasteiger partial charge in [0.1, 0.15) is 23.7 Å². The molecule has 166 valence electrons. The average molecular weight is 456 g/mol. The maximum Gasteiger partial charge on any atom is 0.242 e. The molecule has 1 saturated heterocycles. The van der Waals surface area contributed by atoms with E-state index in [-0.39, 0.29) is 22.6 Å². The Bertz CT molecular complexity index is 1120. The Balaban J connectivity index is 1.24. The van der Waals surface area contributed by atoms with Gasteiger partial charge in [-0.05, 0) is 43.7 Å². The van der Waals surface area contributed by atoms with Gasteiger partial charge in [-0.1, -0.05) is 18.2 Å². The van der Waals surface area contributed by atoms with Crippen molar-refractivity contribution in [3.63, 3.8) is 0 Å². The maximum absolute atomic E-state index is 13.5. The van der Waals surface area contributed by atoms with Gasteiger partial charge in [0.05, 0.1) is 0 Å². The number of hydrogen-bond donors (Lipinski definition) is 2. The number of benzene rings is 1. The second-order valence-corrected chi connectivity index (χ2v) is 8.76. The van der Waals surface area contributed by atoms with Crippen LogP contribution < -0.4 is 15.0 Å². The van der Waals surface area contributed by atoms with E-state index in [4.69, 9.17) is 16.3 Å². The van der Waals surface area contributed by atoms with Crippen LogP contribution >= 0.6 is 11.6 Å². The summed E-state index contributed by atoms with van der Waals surface area (Å²) >= 11 is 5.88. The van der Waals surface area contributed by atoms with E-state index in [0.29, 0.717) is 23.6 Å². The van der Waals surface area contributed by atoms with Crippen LogP contribution in [0, 0.1) is 24.6 Å². The Hall–Kier alpha value is -3.20. The molecule has 2 unspecified atom stereocenters. The third-order valence-corrected chi connectivity index (χ3v) is 6.29. The van der Waals surface area contributed by atoms with Gasteiger partial charge >= 0.3 is 0 Å². The van der Waals surface area contributed by atoms with Crippen molar-refractivity contribution in [1.29, 1.82) is 0 Å². The van der Waals surface area contributed by atoms with Crippen LogP contribution in [-0.4, -0.2) is 44.3 Å². The summed E-state index contributed by atoms with van der Waals surface area (Å²) in [4.78, 5) is 15.5. The van der Waals surface area contributed by atoms with Crippen molar-refractivity contribution in [3.8, 4) is 5.75 Å². The highest BCUT2D eigenvalue weighted by Crippen LogP contribution is 2.39. The Labute approximate surface area is 189 Å². The van der Waals surface area contributed by atoms with Crippen LogP contribution in [0.3, 0.4) is 0 Å². The molecule has 2 fully saturated rings. The lowest BCUT2D eigenvalue weighted by molar-refractivity contribution is 0.375. The molecule has 2 aliphatic rings. The maximum atomic E-state index is 13.5. The molecule has 1 aromatic carbocycles. The van der Waals surface area contributed by atoms with E-state index in [1.165, 1.54) is 18.2 Å². The molecule has 0 amide bonds. The van der Waals surface area contributed by atoms with Gasteiger partial charge in [0, 0.05) is 42.0 Å². The number of piperidine rings is 1. The summed E-state index contributed by atoms with van der Waals surface area (Å²) in [6.07, 6.45) is 3.92. The van der Waals surface area contributed by atoms with Crippen LogP contribution in [0.15, 0.2) is 37.2 Å². The molecule has 1 aliphatic carbocycles. The van der Waals surface area contributed by atoms with Crippen LogP contribution in [0.1, 0.15) is 24.4 Å². The Morgan fingerprint density at radius 1 is 1.22 bits per heavy atom. The minimum Gasteiger partial charge on any atom is -0.454 e. The fourth-order valence-electron chi connectivity index (χ4n) is 4.64. The second kappa shape index (κ2) is 8.38. The fourth-order valence-corrected chi connectivity index (χ4v) is 4.85. The first-order valence-electron chi connectivity index (χ1n) is 10.5. The first kappa shape index (κ1) is 20.7. The third kappa shape index (κ3) is 4.25. The smallest absolute Gasteiger partial charge is 0.242 e. The minimum absolute atomic E-state index is 0.226. The summed E-state index contributed by atoms with van der Waals surface area (Å²) in [5, 5.41) is 10.8. The van der Waals surface area contributed by atoms with E-state index in [2.05, 4.69) is 41.9 Å². The molecule has 2 aromatic heterocycles. The molecule has 5 rings (SSSR count). The number of H-pyrrole nitrogens is 1. The highest BCUT2D eigenvalue weighted by Gasteiger charge is 2.42. The quantitative estimate of drug-likeness (QED) is 0.541. The zero-order valence-electron chi connectivity index (χ0n) is 17.6. The predicted molar refractivity (Wildman–Crippen MR) is 120 cm³/mol. The highest BCUT2D eigenvalue weighted by molar-refractivity contribution is 6.30. The number of aromatic amines is 1. The molecule has 2 bridgehead atoms. The predicted octanol–water partition coefficient (Wildman–Crippen LogP) is 4.07. The molecular formula is C22H23ClFN7O. The van der Waals surface area contributed by atoms with Gasteiger partial charge in [-0.3, -0.25) is 5.10 Å². The Morgan fingerprint density at radius 2 is 2.00 bits per heavy atom. The second-order valence-electron chi connectivity index (χ2n) is 8.33. The topological polar surface area (TPSA) is 91.8 Å². The molecule has 3 heterocycles. The van der Waals surface area contributed by atoms with Gasteiger partial charge in [-0.2, -0.15) is 4.98 Å². The molecule has 3 aromatic rings. The SMILES string of the molecule is C=C(Oc1cc(F)cc(Cl)c1)c1nc(NC2C3CCC2CN(c2cc(C)ncn2)C3)n[nH]1. The number of rotatable bonds is 6. The average Bonchev–Trinajstić information content (AvgIpc) is 3.29. The van der Waals surface area contributed by atoms with Gasteiger partial charge in [0.25, 0.3) is 0 Å². The molecule has 8 nitrogen and oxygen atoms in total. The van der Waals surface area contributed by atoms with Crippen LogP contribution in [0.25, 0.3) is 5.76 Å². The van der Waals surface area contributed by atoms with Crippen LogP contribution in [0.5, 0.6) is 5.75 Å². The normalized spacial score (nSPS) is 22.1. The number of fused-ring (bicyclic) bond motifs is 2. The number of aryl methyl sites for hydroxylation is 1. The fraction of sp³-hybridized carbons (Fsp3) is 0.364. The van der Waals surface area contributed by atoms with Gasteiger partial charge < -0.3 is 15.0 Å². The van der Waals surface area contributed by atoms with Gasteiger partial charge in [0.2, 0.25) is 5.95 Å². The van der Waals surface area contributed by atoms with Crippen LogP contribution in [0.2, 0.25) is 5.02 Å². The van der Waals surface area contributed by atoms with Crippen LogP contribution in [0.4, 0.5) is 16.2 Å². The van der Waals surface area contributed by atoms with E-state index in [1.54, 1.807) is 6.33 Å². The number of anilines is 2. The molecular weight excluding hydrogens is 433 g/mol. The molecule has 0 spiro atoms. The summed E-state index contributed by atoms with van der Waals surface area (Å²) in [5.74, 6) is 2.78. The minimum atomic E-state index is -0.487. The molecule has 2 atom stereocenters. The van der Waals surface area contributed by atoms with Crippen molar-refractivity contribution < 1.29 is 9.13 Å². The van der Waals surface area contributed by atoms with Crippen molar-refractivity contribution in [1.82, 2.24) is 25.1 Å². The third-order valence-electron chi connectivity index (χ3n) is 6.07. The lowest BCUT2D eigenvalue weighted by Crippen LogP contribution is -2.48. The Morgan fingerprint density at radius 3 is 2.72 bits per heavy atom. The molecule has 32 heavy (non-hydrogen) atoms. The standard InChI is InChI=1S/C22H23ClFN7O/c1-12-5-19(26-11-25-12)31-9-14-3-4-15(10-31)20(14)27-22-28-21(29-30-22)13(2)32-18-7-16(23)6-17(24)8-18/h5-8,11,14-15,20H,2-4,9-10H2,1H3,(H2,27,28,29,30).